The van der Waals surface area contributed by atoms with E-state index in [1.807, 2.05) is 12.1 Å². The van der Waals surface area contributed by atoms with Crippen LogP contribution in [0.25, 0.3) is 132 Å². The molecule has 0 spiro atoms. The number of hydrogen-bond acceptors (Lipinski definition) is 4. The Balaban J connectivity index is 1.02. The first kappa shape index (κ1) is 35.3. The fourth-order valence-corrected chi connectivity index (χ4v) is 9.73. The van der Waals surface area contributed by atoms with Crippen LogP contribution in [0.5, 0.6) is 0 Å². The lowest BCUT2D eigenvalue weighted by Gasteiger charge is -2.17. The smallest absolute Gasteiger partial charge is 0.136 e. The molecule has 4 aromatic heterocycles. The Hall–Kier alpha value is -8.47. The Kier molecular flexibility index (Phi) is 7.87. The van der Waals surface area contributed by atoms with Crippen LogP contribution in [0.4, 0.5) is 0 Å². The highest BCUT2D eigenvalue weighted by molar-refractivity contribution is 6.28. The highest BCUT2D eigenvalue weighted by atomic mass is 16.3. The first-order valence-electron chi connectivity index (χ1n) is 21.3. The number of fused-ring (bicyclic) bond motifs is 10. The van der Waals surface area contributed by atoms with Crippen LogP contribution in [0, 0.1) is 0 Å². The second kappa shape index (κ2) is 14.1. The summed E-state index contributed by atoms with van der Waals surface area (Å²) < 4.78 is 6.69. The Morgan fingerprint density at radius 2 is 0.889 bits per heavy atom. The minimum Gasteiger partial charge on any atom is -0.456 e. The average molecular weight is 802 g/mol. The predicted molar refractivity (Wildman–Crippen MR) is 262 cm³/mol. The molecule has 0 amide bonds. The summed E-state index contributed by atoms with van der Waals surface area (Å²) in [6.45, 7) is 0. The molecule has 0 saturated heterocycles. The monoisotopic (exact) mass is 801 g/mol. The van der Waals surface area contributed by atoms with Crippen LogP contribution in [0.15, 0.2) is 217 Å². The van der Waals surface area contributed by atoms with Crippen LogP contribution in [0.1, 0.15) is 0 Å². The largest absolute Gasteiger partial charge is 0.456 e. The van der Waals surface area contributed by atoms with Gasteiger partial charge in [-0.15, -0.1) is 0 Å². The molecule has 0 aliphatic carbocycles. The molecule has 4 heterocycles. The van der Waals surface area contributed by atoms with Gasteiger partial charge in [0.25, 0.3) is 0 Å². The van der Waals surface area contributed by atoms with E-state index in [9.17, 15) is 0 Å². The quantitative estimate of drug-likeness (QED) is 0.163. The first-order chi connectivity index (χ1) is 31.2. The summed E-state index contributed by atoms with van der Waals surface area (Å²) in [5.41, 5.74) is 15.0. The van der Waals surface area contributed by atoms with Crippen molar-refractivity contribution >= 4 is 76.2 Å². The number of nitrogens with zero attached hydrogens (tertiary/aromatic N) is 3. The molecule has 0 bridgehead atoms. The summed E-state index contributed by atoms with van der Waals surface area (Å²) in [4.78, 5) is 15.8. The lowest BCUT2D eigenvalue weighted by Crippen LogP contribution is -1.93. The second-order valence-corrected chi connectivity index (χ2v) is 16.2. The number of rotatable bonds is 5. The maximum absolute atomic E-state index is 6.69. The van der Waals surface area contributed by atoms with E-state index in [4.69, 9.17) is 19.4 Å². The van der Waals surface area contributed by atoms with Gasteiger partial charge in [-0.25, -0.2) is 15.0 Å². The molecular formula is C59H35N3O. The van der Waals surface area contributed by atoms with Crippen molar-refractivity contribution in [1.82, 2.24) is 15.0 Å². The van der Waals surface area contributed by atoms with E-state index in [0.717, 1.165) is 132 Å². The minimum atomic E-state index is 0.843. The molecular weight excluding hydrogens is 767 g/mol. The Morgan fingerprint density at radius 3 is 1.67 bits per heavy atom. The molecule has 0 aliphatic heterocycles. The summed E-state index contributed by atoms with van der Waals surface area (Å²) in [5, 5.41) is 9.96. The maximum atomic E-state index is 6.69. The van der Waals surface area contributed by atoms with Gasteiger partial charge < -0.3 is 4.42 Å². The van der Waals surface area contributed by atoms with Gasteiger partial charge in [0.2, 0.25) is 0 Å². The van der Waals surface area contributed by atoms with Gasteiger partial charge in [0.15, 0.2) is 0 Å². The Morgan fingerprint density at radius 1 is 0.317 bits per heavy atom. The van der Waals surface area contributed by atoms with E-state index < -0.39 is 0 Å². The fraction of sp³-hybridized carbons (Fsp3) is 0. The maximum Gasteiger partial charge on any atom is 0.136 e. The number of benzene rings is 9. The molecule has 0 aliphatic rings. The van der Waals surface area contributed by atoms with Gasteiger partial charge in [-0.05, 0) is 63.9 Å². The van der Waals surface area contributed by atoms with Crippen molar-refractivity contribution in [3.63, 3.8) is 0 Å². The van der Waals surface area contributed by atoms with Crippen molar-refractivity contribution < 1.29 is 4.42 Å². The molecule has 63 heavy (non-hydrogen) atoms. The summed E-state index contributed by atoms with van der Waals surface area (Å²) in [6.07, 6.45) is 0. The lowest BCUT2D eigenvalue weighted by molar-refractivity contribution is 0.669. The molecule has 292 valence electrons. The zero-order chi connectivity index (χ0) is 41.4. The fourth-order valence-electron chi connectivity index (χ4n) is 9.73. The van der Waals surface area contributed by atoms with E-state index in [2.05, 4.69) is 200 Å². The third kappa shape index (κ3) is 5.66. The van der Waals surface area contributed by atoms with E-state index in [0.29, 0.717) is 0 Å². The highest BCUT2D eigenvalue weighted by Crippen LogP contribution is 2.47. The van der Waals surface area contributed by atoms with Gasteiger partial charge in [0.1, 0.15) is 11.2 Å². The highest BCUT2D eigenvalue weighted by Gasteiger charge is 2.22. The van der Waals surface area contributed by atoms with E-state index in [1.165, 1.54) is 0 Å². The Labute approximate surface area is 362 Å². The Bertz CT molecular complexity index is 3970. The van der Waals surface area contributed by atoms with E-state index >= 15 is 0 Å². The standard InChI is InChI=1S/C59H35N3O/c1-3-14-36(15-4-1)49-32-28-38-26-27-39-29-33-51(62-59(39)58(38)60-49)45-31-30-42(43-20-7-8-21-44(43)45)40-18-13-19-41(34-40)54-55-46-22-9-11-24-50(46)61-57(37-16-5-2-6-17-37)48(55)35-53-56(54)47-23-10-12-25-52(47)63-53/h1-35H. The molecule has 0 radical (unpaired) electrons. The van der Waals surface area contributed by atoms with Gasteiger partial charge in [-0.3, -0.25) is 0 Å². The van der Waals surface area contributed by atoms with Crippen molar-refractivity contribution in [3.05, 3.63) is 212 Å². The summed E-state index contributed by atoms with van der Waals surface area (Å²) in [5.74, 6) is 0. The SMILES string of the molecule is c1ccc(-c2ccc3ccc4ccc(-c5ccc(-c6cccc(-c7c8c(cc9c(-c%10ccccc%10)nc%10ccccc%10c79)oc7ccccc78)c6)c6ccccc56)nc4c3n2)cc1. The normalized spacial score (nSPS) is 11.8. The molecule has 0 unspecified atom stereocenters. The van der Waals surface area contributed by atoms with Crippen LogP contribution in [0.3, 0.4) is 0 Å². The molecule has 13 rings (SSSR count). The van der Waals surface area contributed by atoms with Gasteiger partial charge in [0, 0.05) is 60.0 Å². The number of aromatic nitrogens is 3. The van der Waals surface area contributed by atoms with Crippen molar-refractivity contribution in [3.8, 4) is 56.0 Å². The van der Waals surface area contributed by atoms with Crippen molar-refractivity contribution in [2.45, 2.75) is 0 Å². The number of furan rings is 1. The summed E-state index contributed by atoms with van der Waals surface area (Å²) >= 11 is 0. The van der Waals surface area contributed by atoms with Gasteiger partial charge in [-0.2, -0.15) is 0 Å². The third-order valence-electron chi connectivity index (χ3n) is 12.6. The first-order valence-corrected chi connectivity index (χ1v) is 21.3. The van der Waals surface area contributed by atoms with Crippen LogP contribution in [0.2, 0.25) is 0 Å². The van der Waals surface area contributed by atoms with Crippen LogP contribution < -0.4 is 0 Å². The van der Waals surface area contributed by atoms with Gasteiger partial charge >= 0.3 is 0 Å². The zero-order valence-corrected chi connectivity index (χ0v) is 34.0. The average Bonchev–Trinajstić information content (AvgIpc) is 3.73. The second-order valence-electron chi connectivity index (χ2n) is 16.2. The molecule has 9 aromatic carbocycles. The molecule has 13 aromatic rings. The number of pyridine rings is 3. The molecule has 0 saturated carbocycles. The molecule has 0 atom stereocenters. The lowest BCUT2D eigenvalue weighted by atomic mass is 9.87. The van der Waals surface area contributed by atoms with E-state index in [1.54, 1.807) is 0 Å². The van der Waals surface area contributed by atoms with Crippen LogP contribution >= 0.6 is 0 Å². The van der Waals surface area contributed by atoms with Crippen LogP contribution in [-0.2, 0) is 0 Å². The summed E-state index contributed by atoms with van der Waals surface area (Å²) in [6, 6.07) is 75.0. The molecule has 0 N–H and O–H groups in total. The molecule has 0 fully saturated rings. The number of hydrogen-bond donors (Lipinski definition) is 0. The molecule has 4 nitrogen and oxygen atoms in total. The van der Waals surface area contributed by atoms with Crippen molar-refractivity contribution in [2.24, 2.45) is 0 Å². The summed E-state index contributed by atoms with van der Waals surface area (Å²) in [7, 11) is 0. The van der Waals surface area contributed by atoms with Crippen molar-refractivity contribution in [1.29, 1.82) is 0 Å². The topological polar surface area (TPSA) is 51.8 Å². The molecule has 4 heteroatoms. The minimum absolute atomic E-state index is 0.843. The van der Waals surface area contributed by atoms with Gasteiger partial charge in [-0.1, -0.05) is 176 Å². The predicted octanol–water partition coefficient (Wildman–Crippen LogP) is 15.9. The third-order valence-corrected chi connectivity index (χ3v) is 12.6. The van der Waals surface area contributed by atoms with Gasteiger partial charge in [0.05, 0.1) is 33.6 Å². The van der Waals surface area contributed by atoms with Crippen LogP contribution in [-0.4, -0.2) is 15.0 Å². The zero-order valence-electron chi connectivity index (χ0n) is 34.0. The number of para-hydroxylation sites is 2. The van der Waals surface area contributed by atoms with E-state index in [-0.39, 0.29) is 0 Å². The van der Waals surface area contributed by atoms with Crippen molar-refractivity contribution in [2.75, 3.05) is 0 Å².